The van der Waals surface area contributed by atoms with Gasteiger partial charge in [-0.15, -0.1) is 0 Å². The quantitative estimate of drug-likeness (QED) is 0.716. The fourth-order valence-electron chi connectivity index (χ4n) is 2.60. The maximum atomic E-state index is 6.15. The summed E-state index contributed by atoms with van der Waals surface area (Å²) >= 11 is 0. The van der Waals surface area contributed by atoms with Crippen molar-refractivity contribution < 1.29 is 0 Å². The van der Waals surface area contributed by atoms with E-state index in [1.165, 1.54) is 5.56 Å². The molecule has 1 heterocycles. The molecular formula is C16H18N4. The first-order chi connectivity index (χ1) is 9.70. The fourth-order valence-corrected chi connectivity index (χ4v) is 2.60. The van der Waals surface area contributed by atoms with E-state index in [1.807, 2.05) is 34.9 Å². The lowest BCUT2D eigenvalue weighted by molar-refractivity contribution is 0.800. The first-order valence-corrected chi connectivity index (χ1v) is 6.77. The van der Waals surface area contributed by atoms with Crippen LogP contribution in [0.4, 0.5) is 11.6 Å². The van der Waals surface area contributed by atoms with Crippen LogP contribution in [0.25, 0.3) is 11.0 Å². The predicted octanol–water partition coefficient (Wildman–Crippen LogP) is 2.81. The highest BCUT2D eigenvalue weighted by Crippen LogP contribution is 2.28. The van der Waals surface area contributed by atoms with Gasteiger partial charge in [0.25, 0.3) is 0 Å². The average Bonchev–Trinajstić information content (AvgIpc) is 2.79. The van der Waals surface area contributed by atoms with Crippen LogP contribution < -0.4 is 11.5 Å². The van der Waals surface area contributed by atoms with E-state index in [4.69, 9.17) is 11.5 Å². The normalized spacial score (nSPS) is 11.1. The third-order valence-electron chi connectivity index (χ3n) is 3.63. The van der Waals surface area contributed by atoms with Crippen molar-refractivity contribution in [2.24, 2.45) is 0 Å². The van der Waals surface area contributed by atoms with Crippen molar-refractivity contribution in [3.8, 4) is 0 Å². The van der Waals surface area contributed by atoms with Gasteiger partial charge in [-0.25, -0.2) is 4.98 Å². The molecule has 0 bridgehead atoms. The van der Waals surface area contributed by atoms with E-state index in [1.54, 1.807) is 0 Å². The number of rotatable bonds is 3. The molecule has 0 spiro atoms. The number of hydrogen-bond acceptors (Lipinski definition) is 3. The molecule has 0 amide bonds. The monoisotopic (exact) mass is 266 g/mol. The van der Waals surface area contributed by atoms with E-state index in [0.29, 0.717) is 5.95 Å². The van der Waals surface area contributed by atoms with Crippen LogP contribution in [0.5, 0.6) is 0 Å². The Morgan fingerprint density at radius 2 is 1.80 bits per heavy atom. The molecule has 4 heteroatoms. The van der Waals surface area contributed by atoms with Crippen LogP contribution in [-0.4, -0.2) is 9.55 Å². The summed E-state index contributed by atoms with van der Waals surface area (Å²) in [6, 6.07) is 14.2. The van der Waals surface area contributed by atoms with Crippen LogP contribution >= 0.6 is 0 Å². The van der Waals surface area contributed by atoms with Crippen LogP contribution in [0.2, 0.25) is 0 Å². The van der Waals surface area contributed by atoms with Crippen molar-refractivity contribution in [3.05, 3.63) is 53.6 Å². The van der Waals surface area contributed by atoms with Crippen molar-refractivity contribution >= 4 is 22.7 Å². The maximum Gasteiger partial charge on any atom is 0.201 e. The molecule has 0 aliphatic heterocycles. The minimum atomic E-state index is 0.544. The van der Waals surface area contributed by atoms with E-state index in [9.17, 15) is 0 Å². The van der Waals surface area contributed by atoms with Gasteiger partial charge in [0, 0.05) is 24.2 Å². The molecule has 102 valence electrons. The summed E-state index contributed by atoms with van der Waals surface area (Å²) in [7, 11) is 0. The zero-order valence-corrected chi connectivity index (χ0v) is 11.5. The molecule has 1 aromatic heterocycles. The van der Waals surface area contributed by atoms with E-state index >= 15 is 0 Å². The molecule has 0 aliphatic carbocycles. The molecule has 20 heavy (non-hydrogen) atoms. The van der Waals surface area contributed by atoms with Crippen molar-refractivity contribution in [2.75, 3.05) is 11.5 Å². The molecule has 0 fully saturated rings. The summed E-state index contributed by atoms with van der Waals surface area (Å²) in [5.41, 5.74) is 17.1. The van der Waals surface area contributed by atoms with Gasteiger partial charge in [-0.2, -0.15) is 0 Å². The third kappa shape index (κ3) is 1.99. The molecular weight excluding hydrogens is 248 g/mol. The largest absolute Gasteiger partial charge is 0.398 e. The molecule has 3 aromatic rings. The Morgan fingerprint density at radius 3 is 2.50 bits per heavy atom. The second-order valence-electron chi connectivity index (χ2n) is 4.88. The molecule has 4 N–H and O–H groups in total. The van der Waals surface area contributed by atoms with Gasteiger partial charge in [-0.1, -0.05) is 30.3 Å². The molecule has 0 atom stereocenters. The molecule has 0 saturated carbocycles. The molecule has 0 saturated heterocycles. The second-order valence-corrected chi connectivity index (χ2v) is 4.88. The van der Waals surface area contributed by atoms with E-state index in [2.05, 4.69) is 24.0 Å². The molecule has 0 aliphatic rings. The topological polar surface area (TPSA) is 69.9 Å². The Hall–Kier alpha value is -2.49. The van der Waals surface area contributed by atoms with Crippen molar-refractivity contribution in [1.82, 2.24) is 9.55 Å². The Kier molecular flexibility index (Phi) is 3.06. The lowest BCUT2D eigenvalue weighted by atomic mass is 10.0. The maximum absolute atomic E-state index is 6.15. The number of benzene rings is 2. The average molecular weight is 266 g/mol. The highest BCUT2D eigenvalue weighted by Gasteiger charge is 2.13. The summed E-state index contributed by atoms with van der Waals surface area (Å²) in [6.07, 6.45) is 0.768. The van der Waals surface area contributed by atoms with Gasteiger partial charge in [-0.05, 0) is 24.6 Å². The van der Waals surface area contributed by atoms with Gasteiger partial charge < -0.3 is 16.0 Å². The third-order valence-corrected chi connectivity index (χ3v) is 3.63. The Morgan fingerprint density at radius 1 is 1.05 bits per heavy atom. The zero-order valence-electron chi connectivity index (χ0n) is 11.5. The molecule has 0 unspecified atom stereocenters. The summed E-state index contributed by atoms with van der Waals surface area (Å²) in [4.78, 5) is 4.50. The highest BCUT2D eigenvalue weighted by atomic mass is 15.1. The number of anilines is 2. The summed E-state index contributed by atoms with van der Waals surface area (Å²) in [5.74, 6) is 0.544. The van der Waals surface area contributed by atoms with E-state index in [-0.39, 0.29) is 0 Å². The van der Waals surface area contributed by atoms with Gasteiger partial charge in [0.05, 0.1) is 11.0 Å². The Labute approximate surface area is 118 Å². The molecule has 4 nitrogen and oxygen atoms in total. The predicted molar refractivity (Wildman–Crippen MR) is 83.5 cm³/mol. The number of imidazole rings is 1. The van der Waals surface area contributed by atoms with Crippen LogP contribution in [-0.2, 0) is 13.0 Å². The SMILES string of the molecule is CCn1c(N)nc2c(Cc3ccccc3)c(N)ccc21. The minimum absolute atomic E-state index is 0.544. The first kappa shape index (κ1) is 12.5. The van der Waals surface area contributed by atoms with Crippen LogP contribution in [0.15, 0.2) is 42.5 Å². The smallest absolute Gasteiger partial charge is 0.201 e. The van der Waals surface area contributed by atoms with Crippen molar-refractivity contribution in [2.45, 2.75) is 19.9 Å². The van der Waals surface area contributed by atoms with Crippen LogP contribution in [0.3, 0.4) is 0 Å². The van der Waals surface area contributed by atoms with Gasteiger partial charge in [0.15, 0.2) is 0 Å². The molecule has 2 aromatic carbocycles. The number of fused-ring (bicyclic) bond motifs is 1. The molecule has 0 radical (unpaired) electrons. The number of aromatic nitrogens is 2. The van der Waals surface area contributed by atoms with Gasteiger partial charge in [-0.3, -0.25) is 0 Å². The van der Waals surface area contributed by atoms with Crippen LogP contribution in [0.1, 0.15) is 18.1 Å². The first-order valence-electron chi connectivity index (χ1n) is 6.77. The minimum Gasteiger partial charge on any atom is -0.398 e. The summed E-state index contributed by atoms with van der Waals surface area (Å²) in [5, 5.41) is 0. The second kappa shape index (κ2) is 4.89. The lowest BCUT2D eigenvalue weighted by Crippen LogP contribution is -2.00. The number of hydrogen-bond donors (Lipinski definition) is 2. The van der Waals surface area contributed by atoms with Gasteiger partial charge in [0.2, 0.25) is 5.95 Å². The van der Waals surface area contributed by atoms with Crippen LogP contribution in [0, 0.1) is 0 Å². The highest BCUT2D eigenvalue weighted by molar-refractivity contribution is 5.86. The van der Waals surface area contributed by atoms with Crippen molar-refractivity contribution in [1.29, 1.82) is 0 Å². The molecule has 3 rings (SSSR count). The number of nitrogen functional groups attached to an aromatic ring is 2. The number of aryl methyl sites for hydroxylation is 1. The van der Waals surface area contributed by atoms with Crippen molar-refractivity contribution in [3.63, 3.8) is 0 Å². The fraction of sp³-hybridized carbons (Fsp3) is 0.188. The van der Waals surface area contributed by atoms with Gasteiger partial charge in [0.1, 0.15) is 0 Å². The zero-order chi connectivity index (χ0) is 14.1. The van der Waals surface area contributed by atoms with E-state index in [0.717, 1.165) is 35.2 Å². The summed E-state index contributed by atoms with van der Waals surface area (Å²) < 4.78 is 2.00. The van der Waals surface area contributed by atoms with Gasteiger partial charge >= 0.3 is 0 Å². The van der Waals surface area contributed by atoms with E-state index < -0.39 is 0 Å². The Balaban J connectivity index is 2.16. The summed E-state index contributed by atoms with van der Waals surface area (Å²) in [6.45, 7) is 2.86. The standard InChI is InChI=1S/C16H18N4/c1-2-20-14-9-8-13(17)12(15(14)19-16(20)18)10-11-6-4-3-5-7-11/h3-9H,2,10,17H2,1H3,(H2,18,19). The lowest BCUT2D eigenvalue weighted by Gasteiger charge is -2.08. The Bertz CT molecular complexity index is 744. The number of nitrogens with two attached hydrogens (primary N) is 2. The number of nitrogens with zero attached hydrogens (tertiary/aromatic N) is 2.